The second-order valence-corrected chi connectivity index (χ2v) is 3.60. The number of benzene rings is 2. The second kappa shape index (κ2) is 5.81. The lowest BCUT2D eigenvalue weighted by molar-refractivity contribution is 0.474. The van der Waals surface area contributed by atoms with Crippen LogP contribution in [0.2, 0.25) is 0 Å². The van der Waals surface area contributed by atoms with Crippen LogP contribution in [0, 0.1) is 13.8 Å². The molecule has 0 fully saturated rings. The van der Waals surface area contributed by atoms with Crippen molar-refractivity contribution in [2.75, 3.05) is 0 Å². The van der Waals surface area contributed by atoms with Gasteiger partial charge in [0.05, 0.1) is 0 Å². The Labute approximate surface area is 95.8 Å². The van der Waals surface area contributed by atoms with Crippen LogP contribution < -0.4 is 0 Å². The number of aromatic hydroxyl groups is 2. The molecule has 0 saturated carbocycles. The highest BCUT2D eigenvalue weighted by Crippen LogP contribution is 2.13. The summed E-state index contributed by atoms with van der Waals surface area (Å²) in [7, 11) is 0. The van der Waals surface area contributed by atoms with Gasteiger partial charge in [-0.2, -0.15) is 0 Å². The van der Waals surface area contributed by atoms with Crippen LogP contribution in [0.4, 0.5) is 0 Å². The van der Waals surface area contributed by atoms with Gasteiger partial charge < -0.3 is 10.2 Å². The first-order chi connectivity index (χ1) is 7.59. The number of aryl methyl sites for hydroxylation is 2. The van der Waals surface area contributed by atoms with Gasteiger partial charge in [-0.15, -0.1) is 0 Å². The smallest absolute Gasteiger partial charge is 0.115 e. The van der Waals surface area contributed by atoms with Crippen molar-refractivity contribution in [1.29, 1.82) is 0 Å². The summed E-state index contributed by atoms with van der Waals surface area (Å²) >= 11 is 0. The Kier molecular flexibility index (Phi) is 4.40. The Hall–Kier alpha value is -1.96. The fourth-order valence-electron chi connectivity index (χ4n) is 1.15. The van der Waals surface area contributed by atoms with E-state index in [1.807, 2.05) is 26.0 Å². The summed E-state index contributed by atoms with van der Waals surface area (Å²) in [6, 6.07) is 14.1. The zero-order valence-electron chi connectivity index (χ0n) is 9.51. The van der Waals surface area contributed by atoms with Crippen molar-refractivity contribution in [2.45, 2.75) is 13.8 Å². The van der Waals surface area contributed by atoms with Gasteiger partial charge in [0.15, 0.2) is 0 Å². The third-order valence-electron chi connectivity index (χ3n) is 2.25. The molecule has 0 aromatic heterocycles. The quantitative estimate of drug-likeness (QED) is 0.708. The van der Waals surface area contributed by atoms with Gasteiger partial charge in [0.1, 0.15) is 11.5 Å². The molecule has 0 heterocycles. The highest BCUT2D eigenvalue weighted by molar-refractivity contribution is 5.32. The van der Waals surface area contributed by atoms with Crippen LogP contribution in [-0.4, -0.2) is 10.2 Å². The summed E-state index contributed by atoms with van der Waals surface area (Å²) in [6.07, 6.45) is 0. The maximum Gasteiger partial charge on any atom is 0.115 e. The van der Waals surface area contributed by atoms with E-state index in [-0.39, 0.29) is 0 Å². The zero-order chi connectivity index (χ0) is 12.0. The number of hydrogen-bond donors (Lipinski definition) is 2. The van der Waals surface area contributed by atoms with Gasteiger partial charge in [0.2, 0.25) is 0 Å². The van der Waals surface area contributed by atoms with Gasteiger partial charge in [-0.1, -0.05) is 24.3 Å². The van der Waals surface area contributed by atoms with Crippen molar-refractivity contribution in [1.82, 2.24) is 0 Å². The van der Waals surface area contributed by atoms with Crippen molar-refractivity contribution in [3.63, 3.8) is 0 Å². The molecule has 0 atom stereocenters. The summed E-state index contributed by atoms with van der Waals surface area (Å²) in [5.41, 5.74) is 2.35. The lowest BCUT2D eigenvalue weighted by Crippen LogP contribution is -1.76. The van der Waals surface area contributed by atoms with Crippen molar-refractivity contribution < 1.29 is 10.2 Å². The largest absolute Gasteiger partial charge is 0.508 e. The molecule has 0 aliphatic heterocycles. The molecule has 2 nitrogen and oxygen atoms in total. The molecule has 0 spiro atoms. The number of phenols is 2. The van der Waals surface area contributed by atoms with E-state index in [1.54, 1.807) is 36.4 Å². The number of rotatable bonds is 0. The topological polar surface area (TPSA) is 40.5 Å². The van der Waals surface area contributed by atoms with Crippen molar-refractivity contribution in [3.05, 3.63) is 59.7 Å². The van der Waals surface area contributed by atoms with Gasteiger partial charge >= 0.3 is 0 Å². The Balaban J connectivity index is 0.000000165. The summed E-state index contributed by atoms with van der Waals surface area (Å²) in [6.45, 7) is 4.00. The monoisotopic (exact) mass is 216 g/mol. The van der Waals surface area contributed by atoms with E-state index in [4.69, 9.17) is 10.2 Å². The van der Waals surface area contributed by atoms with E-state index >= 15 is 0 Å². The lowest BCUT2D eigenvalue weighted by atomic mass is 10.1. The molecule has 2 aromatic carbocycles. The van der Waals surface area contributed by atoms with Gasteiger partial charge in [0.25, 0.3) is 0 Å². The molecule has 0 aliphatic rings. The molecule has 0 bridgehead atoms. The van der Waals surface area contributed by atoms with Crippen LogP contribution in [0.25, 0.3) is 0 Å². The van der Waals surface area contributed by atoms with Crippen LogP contribution in [0.5, 0.6) is 11.5 Å². The van der Waals surface area contributed by atoms with Crippen molar-refractivity contribution in [3.8, 4) is 11.5 Å². The van der Waals surface area contributed by atoms with Crippen LogP contribution in [0.3, 0.4) is 0 Å². The predicted octanol–water partition coefficient (Wildman–Crippen LogP) is 3.40. The fourth-order valence-corrected chi connectivity index (χ4v) is 1.15. The van der Waals surface area contributed by atoms with Crippen LogP contribution in [-0.2, 0) is 0 Å². The first-order valence-electron chi connectivity index (χ1n) is 5.10. The predicted molar refractivity (Wildman–Crippen MR) is 65.7 cm³/mol. The van der Waals surface area contributed by atoms with Crippen LogP contribution in [0.1, 0.15) is 11.1 Å². The average molecular weight is 216 g/mol. The minimum absolute atomic E-state index is 0.322. The number of phenolic OH excluding ortho intramolecular Hbond substituents is 2. The molecular weight excluding hydrogens is 200 g/mol. The van der Waals surface area contributed by atoms with E-state index in [2.05, 4.69) is 0 Å². The zero-order valence-corrected chi connectivity index (χ0v) is 9.51. The molecule has 16 heavy (non-hydrogen) atoms. The highest BCUT2D eigenvalue weighted by atomic mass is 16.3. The van der Waals surface area contributed by atoms with E-state index in [9.17, 15) is 0 Å². The first kappa shape index (κ1) is 12.1. The van der Waals surface area contributed by atoms with Gasteiger partial charge in [-0.05, 0) is 49.2 Å². The van der Waals surface area contributed by atoms with Gasteiger partial charge in [0, 0.05) is 0 Å². The average Bonchev–Trinajstić information content (AvgIpc) is 2.26. The molecule has 2 rings (SSSR count). The van der Waals surface area contributed by atoms with Gasteiger partial charge in [-0.25, -0.2) is 0 Å². The summed E-state index contributed by atoms with van der Waals surface area (Å²) in [4.78, 5) is 0. The van der Waals surface area contributed by atoms with E-state index in [0.717, 1.165) is 5.56 Å². The molecule has 2 heteroatoms. The molecule has 0 aliphatic carbocycles. The minimum Gasteiger partial charge on any atom is -0.508 e. The Morgan fingerprint density at radius 1 is 0.688 bits per heavy atom. The Bertz CT molecular complexity index is 436. The summed E-state index contributed by atoms with van der Waals surface area (Å²) in [5, 5.41) is 17.6. The molecular formula is C14H16O2. The highest BCUT2D eigenvalue weighted by Gasteiger charge is 1.90. The maximum atomic E-state index is 8.94. The van der Waals surface area contributed by atoms with E-state index in [1.165, 1.54) is 5.56 Å². The second-order valence-electron chi connectivity index (χ2n) is 3.60. The third kappa shape index (κ3) is 4.05. The third-order valence-corrected chi connectivity index (χ3v) is 2.25. The van der Waals surface area contributed by atoms with E-state index < -0.39 is 0 Å². The SMILES string of the molecule is Cc1ccc(O)cc1C.Oc1ccccc1. The van der Waals surface area contributed by atoms with Crippen LogP contribution >= 0.6 is 0 Å². The number of hydrogen-bond acceptors (Lipinski definition) is 2. The van der Waals surface area contributed by atoms with Crippen LogP contribution in [0.15, 0.2) is 48.5 Å². The Morgan fingerprint density at radius 2 is 1.31 bits per heavy atom. The normalized spacial score (nSPS) is 9.12. The summed E-state index contributed by atoms with van der Waals surface area (Å²) < 4.78 is 0. The summed E-state index contributed by atoms with van der Waals surface area (Å²) in [5.74, 6) is 0.667. The van der Waals surface area contributed by atoms with Gasteiger partial charge in [-0.3, -0.25) is 0 Å². The molecule has 2 N–H and O–H groups in total. The number of para-hydroxylation sites is 1. The fraction of sp³-hybridized carbons (Fsp3) is 0.143. The molecule has 0 saturated heterocycles. The maximum absolute atomic E-state index is 8.94. The van der Waals surface area contributed by atoms with E-state index in [0.29, 0.717) is 11.5 Å². The molecule has 84 valence electrons. The first-order valence-corrected chi connectivity index (χ1v) is 5.10. The lowest BCUT2D eigenvalue weighted by Gasteiger charge is -1.97. The molecule has 0 amide bonds. The molecule has 0 unspecified atom stereocenters. The van der Waals surface area contributed by atoms with Crippen molar-refractivity contribution >= 4 is 0 Å². The molecule has 2 aromatic rings. The standard InChI is InChI=1S/C8H10O.C6H6O/c1-6-3-4-8(9)5-7(6)2;7-6-4-2-1-3-5-6/h3-5,9H,1-2H3;1-5,7H. The van der Waals surface area contributed by atoms with Crippen molar-refractivity contribution in [2.24, 2.45) is 0 Å². The molecule has 0 radical (unpaired) electrons. The minimum atomic E-state index is 0.322. The Morgan fingerprint density at radius 3 is 1.69 bits per heavy atom.